The van der Waals surface area contributed by atoms with Gasteiger partial charge >= 0.3 is 0 Å². The van der Waals surface area contributed by atoms with Gasteiger partial charge in [0.25, 0.3) is 11.8 Å². The summed E-state index contributed by atoms with van der Waals surface area (Å²) in [7, 11) is -3.93. The predicted molar refractivity (Wildman–Crippen MR) is 198 cm³/mol. The molecule has 13 nitrogen and oxygen atoms in total. The maximum atomic E-state index is 14.5. The Bertz CT molecular complexity index is 2340. The number of pyridine rings is 1. The Hall–Kier alpha value is -5.03. The van der Waals surface area contributed by atoms with E-state index in [1.165, 1.54) is 53.6 Å². The van der Waals surface area contributed by atoms with Gasteiger partial charge in [0.05, 0.1) is 17.3 Å². The summed E-state index contributed by atoms with van der Waals surface area (Å²) in [6.07, 6.45) is 8.37. The zero-order chi connectivity index (χ0) is 38.5. The van der Waals surface area contributed by atoms with Crippen molar-refractivity contribution in [2.75, 3.05) is 6.54 Å². The second-order valence-electron chi connectivity index (χ2n) is 14.7. The Morgan fingerprint density at radius 2 is 1.76 bits per heavy atom. The third-order valence-corrected chi connectivity index (χ3v) is 13.3. The van der Waals surface area contributed by atoms with Crippen LogP contribution in [0.2, 0.25) is 0 Å². The summed E-state index contributed by atoms with van der Waals surface area (Å²) in [5.74, 6) is -4.08. The first-order chi connectivity index (χ1) is 26.4. The number of allylic oxidation sites excluding steroid dienone is 1. The summed E-state index contributed by atoms with van der Waals surface area (Å²) < 4.78 is 67.1. The molecule has 1 saturated heterocycles. The van der Waals surface area contributed by atoms with Gasteiger partial charge in [0, 0.05) is 35.4 Å². The van der Waals surface area contributed by atoms with E-state index in [1.807, 2.05) is 12.2 Å². The number of nitrogens with one attached hydrogen (secondary N) is 3. The van der Waals surface area contributed by atoms with Crippen LogP contribution in [0.15, 0.2) is 60.8 Å². The number of sulfonamides is 1. The largest absolute Gasteiger partial charge is 0.472 e. The van der Waals surface area contributed by atoms with E-state index >= 15 is 0 Å². The Morgan fingerprint density at radius 1 is 0.982 bits per heavy atom. The summed E-state index contributed by atoms with van der Waals surface area (Å²) in [6, 6.07) is 7.29. The number of nitrogens with zero attached hydrogens (tertiary/aromatic N) is 3. The summed E-state index contributed by atoms with van der Waals surface area (Å²) in [5, 5.41) is 6.35. The van der Waals surface area contributed by atoms with Gasteiger partial charge in [-0.3, -0.25) is 23.9 Å². The Kier molecular flexibility index (Phi) is 9.77. The molecule has 2 aliphatic carbocycles. The number of carbonyl (C=O) groups excluding carboxylic acids is 4. The lowest BCUT2D eigenvalue weighted by Crippen LogP contribution is -2.58. The molecule has 0 bridgehead atoms. The molecule has 55 heavy (non-hydrogen) atoms. The molecule has 4 heterocycles. The zero-order valence-corrected chi connectivity index (χ0v) is 31.1. The lowest BCUT2D eigenvalue weighted by molar-refractivity contribution is -0.141. The number of hydrogen-bond donors (Lipinski definition) is 3. The van der Waals surface area contributed by atoms with Crippen LogP contribution in [0.4, 0.5) is 8.78 Å². The normalized spacial score (nSPS) is 26.6. The second-order valence-corrected chi connectivity index (χ2v) is 17.5. The van der Waals surface area contributed by atoms with Gasteiger partial charge in [-0.05, 0) is 91.8 Å². The van der Waals surface area contributed by atoms with Crippen LogP contribution in [0.3, 0.4) is 0 Å². The maximum absolute atomic E-state index is 14.5. The van der Waals surface area contributed by atoms with Crippen molar-refractivity contribution in [3.05, 3.63) is 77.3 Å². The number of rotatable bonds is 7. The number of benzene rings is 2. The van der Waals surface area contributed by atoms with Crippen molar-refractivity contribution in [1.29, 1.82) is 0 Å². The molecule has 2 aromatic heterocycles. The van der Waals surface area contributed by atoms with E-state index in [-0.39, 0.29) is 37.2 Å². The fourth-order valence-electron chi connectivity index (χ4n) is 7.58. The number of carbonyl (C=O) groups is 4. The van der Waals surface area contributed by atoms with Crippen LogP contribution in [0.1, 0.15) is 67.5 Å². The van der Waals surface area contributed by atoms with E-state index in [9.17, 15) is 36.4 Å². The zero-order valence-electron chi connectivity index (χ0n) is 29.5. The predicted octanol–water partition coefficient (Wildman–Crippen LogP) is 4.27. The molecule has 0 spiro atoms. The van der Waals surface area contributed by atoms with Gasteiger partial charge < -0.3 is 20.3 Å². The summed E-state index contributed by atoms with van der Waals surface area (Å²) in [5.41, 5.74) is -1.35. The first-order valence-electron chi connectivity index (χ1n) is 18.3. The van der Waals surface area contributed by atoms with Crippen molar-refractivity contribution in [3.63, 3.8) is 0 Å². The highest BCUT2D eigenvalue weighted by Gasteiger charge is 2.62. The van der Waals surface area contributed by atoms with Crippen LogP contribution >= 0.6 is 11.5 Å². The molecule has 2 aromatic carbocycles. The third-order valence-electron chi connectivity index (χ3n) is 10.8. The first kappa shape index (κ1) is 36.9. The second kappa shape index (κ2) is 14.6. The Morgan fingerprint density at radius 3 is 2.53 bits per heavy atom. The average Bonchev–Trinajstić information content (AvgIpc) is 4.01. The average molecular weight is 793 g/mol. The summed E-state index contributed by atoms with van der Waals surface area (Å²) in [4.78, 5) is 62.1. The topological polar surface area (TPSA) is 177 Å². The molecular formula is C38H38F2N6O7S2. The minimum Gasteiger partial charge on any atom is -0.472 e. The SMILES string of the molecule is O=C(N[C@H]1CCCCC/C=C\[C@@H]2C[C@@]2(C(=O)NS(=O)(=O)C2CC2)NC(=O)[C@@H]2C[C@@H](Oc3nc4cc(F)ccc4c4cc(F)ccc34)CN2C1=O)c1ccns1. The van der Waals surface area contributed by atoms with Crippen molar-refractivity contribution in [3.8, 4) is 5.88 Å². The van der Waals surface area contributed by atoms with Gasteiger partial charge in [0.1, 0.15) is 40.2 Å². The molecule has 3 N–H and O–H groups in total. The van der Waals surface area contributed by atoms with Crippen LogP contribution in [-0.2, 0) is 24.4 Å². The number of ether oxygens (including phenoxy) is 1. The van der Waals surface area contributed by atoms with Gasteiger partial charge in [0.15, 0.2) is 0 Å². The number of hydrogen-bond acceptors (Lipinski definition) is 10. The van der Waals surface area contributed by atoms with Gasteiger partial charge in [-0.15, -0.1) is 0 Å². The lowest BCUT2D eigenvalue weighted by Gasteiger charge is -2.29. The highest BCUT2D eigenvalue weighted by atomic mass is 32.2. The molecule has 0 radical (unpaired) electrons. The molecule has 3 fully saturated rings. The number of fused-ring (bicyclic) bond motifs is 5. The van der Waals surface area contributed by atoms with Crippen LogP contribution in [0.5, 0.6) is 5.88 Å². The molecule has 8 rings (SSSR count). The lowest BCUT2D eigenvalue weighted by atomic mass is 10.0. The van der Waals surface area contributed by atoms with E-state index in [2.05, 4.69) is 24.7 Å². The van der Waals surface area contributed by atoms with Crippen molar-refractivity contribution >= 4 is 66.9 Å². The van der Waals surface area contributed by atoms with Gasteiger partial charge in [-0.25, -0.2) is 26.6 Å². The van der Waals surface area contributed by atoms with E-state index in [1.54, 1.807) is 0 Å². The maximum Gasteiger partial charge on any atom is 0.263 e. The minimum atomic E-state index is -3.93. The fourth-order valence-corrected chi connectivity index (χ4v) is 9.44. The number of amides is 4. The monoisotopic (exact) mass is 792 g/mol. The summed E-state index contributed by atoms with van der Waals surface area (Å²) in [6.45, 7) is -0.131. The smallest absolute Gasteiger partial charge is 0.263 e. The van der Waals surface area contributed by atoms with E-state index < -0.39 is 80.2 Å². The molecular weight excluding hydrogens is 755 g/mol. The van der Waals surface area contributed by atoms with Crippen molar-refractivity contribution in [2.45, 2.75) is 86.8 Å². The van der Waals surface area contributed by atoms with Crippen LogP contribution in [-0.4, -0.2) is 81.8 Å². The molecule has 17 heteroatoms. The van der Waals surface area contributed by atoms with Crippen LogP contribution < -0.4 is 20.1 Å². The Labute approximate surface area is 319 Å². The van der Waals surface area contributed by atoms with Crippen molar-refractivity contribution in [2.24, 2.45) is 5.92 Å². The third kappa shape index (κ3) is 7.51. The van der Waals surface area contributed by atoms with Crippen molar-refractivity contribution in [1.82, 2.24) is 29.6 Å². The van der Waals surface area contributed by atoms with Crippen molar-refractivity contribution < 1.29 is 41.1 Å². The fraction of sp³-hybridized carbons (Fsp3) is 0.421. The molecule has 288 valence electrons. The number of halogens is 2. The molecule has 4 aliphatic rings. The van der Waals surface area contributed by atoms with Gasteiger partial charge in [0.2, 0.25) is 27.7 Å². The minimum absolute atomic E-state index is 0.0391. The van der Waals surface area contributed by atoms with E-state index in [4.69, 9.17) is 4.74 Å². The molecule has 2 saturated carbocycles. The standard InChI is InChI=1S/C38H38F2N6O7S2/c39-22-9-13-27-28(16-22)26-12-8-23(40)17-30(26)43-35(27)53-24-18-31-33(47)44-38(37(50)45-55(51,52)25-10-11-25)19-21(38)6-4-2-1-3-5-7-29(36(49)46(31)20-24)42-34(48)32-14-15-41-54-32/h4,6,8-9,12-17,21,24-25,29,31H,1-3,5,7,10-11,18-20H2,(H,42,48)(H,44,47)(H,45,50)/b6-4-/t21-,24-,29+,31+,38-/m1/s1. The summed E-state index contributed by atoms with van der Waals surface area (Å²) >= 11 is 0.979. The van der Waals surface area contributed by atoms with Crippen LogP contribution in [0, 0.1) is 17.6 Å². The number of aromatic nitrogens is 2. The van der Waals surface area contributed by atoms with E-state index in [0.29, 0.717) is 46.7 Å². The molecule has 4 aromatic rings. The molecule has 4 amide bonds. The van der Waals surface area contributed by atoms with E-state index in [0.717, 1.165) is 24.4 Å². The molecule has 5 atom stereocenters. The van der Waals surface area contributed by atoms with Gasteiger partial charge in [-0.2, -0.15) is 0 Å². The molecule has 2 aliphatic heterocycles. The van der Waals surface area contributed by atoms with Gasteiger partial charge in [-0.1, -0.05) is 25.0 Å². The van der Waals surface area contributed by atoms with Crippen LogP contribution in [0.25, 0.3) is 21.7 Å². The highest BCUT2D eigenvalue weighted by molar-refractivity contribution is 7.91. The molecule has 0 unspecified atom stereocenters. The quantitative estimate of drug-likeness (QED) is 0.182. The highest BCUT2D eigenvalue weighted by Crippen LogP contribution is 2.46. The Balaban J connectivity index is 1.13. The first-order valence-corrected chi connectivity index (χ1v) is 20.7.